The molecule has 3 N–H and O–H groups in total. The van der Waals surface area contributed by atoms with E-state index in [1.165, 1.54) is 13.8 Å². The van der Waals surface area contributed by atoms with E-state index >= 15 is 0 Å². The number of anilines is 2. The molecule has 0 aliphatic heterocycles. The molecule has 0 aliphatic carbocycles. The summed E-state index contributed by atoms with van der Waals surface area (Å²) in [7, 11) is 0. The molecule has 3 aromatic rings. The van der Waals surface area contributed by atoms with Crippen LogP contribution in [0.3, 0.4) is 0 Å². The molecule has 8 heteroatoms. The lowest BCUT2D eigenvalue weighted by molar-refractivity contribution is -0.115. The second-order valence-electron chi connectivity index (χ2n) is 7.72. The van der Waals surface area contributed by atoms with Crippen molar-refractivity contribution >= 4 is 29.1 Å². The van der Waals surface area contributed by atoms with Crippen LogP contribution in [0.15, 0.2) is 54.7 Å². The summed E-state index contributed by atoms with van der Waals surface area (Å²) in [6.45, 7) is 6.94. The summed E-state index contributed by atoms with van der Waals surface area (Å²) >= 11 is 0. The fourth-order valence-electron chi connectivity index (χ4n) is 3.10. The molecule has 3 rings (SSSR count). The van der Waals surface area contributed by atoms with Gasteiger partial charge in [-0.1, -0.05) is 18.2 Å². The van der Waals surface area contributed by atoms with Crippen molar-refractivity contribution in [2.24, 2.45) is 0 Å². The predicted octanol–water partition coefficient (Wildman–Crippen LogP) is 4.34. The molecule has 0 fully saturated rings. The van der Waals surface area contributed by atoms with Crippen LogP contribution in [-0.2, 0) is 16.1 Å². The first-order chi connectivity index (χ1) is 15.7. The Morgan fingerprint density at radius 2 is 1.55 bits per heavy atom. The van der Waals surface area contributed by atoms with Gasteiger partial charge in [0.05, 0.1) is 0 Å². The Morgan fingerprint density at radius 1 is 0.879 bits per heavy atom. The Kier molecular flexibility index (Phi) is 7.40. The van der Waals surface area contributed by atoms with Crippen LogP contribution in [0.5, 0.6) is 11.6 Å². The van der Waals surface area contributed by atoms with Crippen LogP contribution >= 0.6 is 0 Å². The zero-order chi connectivity index (χ0) is 24.0. The van der Waals surface area contributed by atoms with E-state index < -0.39 is 0 Å². The van der Waals surface area contributed by atoms with Crippen LogP contribution in [0, 0.1) is 13.8 Å². The van der Waals surface area contributed by atoms with Gasteiger partial charge in [-0.25, -0.2) is 4.98 Å². The number of hydrogen-bond acceptors (Lipinski definition) is 5. The van der Waals surface area contributed by atoms with Crippen molar-refractivity contribution in [2.45, 2.75) is 34.2 Å². The molecule has 0 aliphatic rings. The SMILES string of the molecule is CC(=O)Nc1cc(NC(C)=O)cc(C(=O)NCc2ccc(Oc3cc(C)ccc3C)nc2)c1. The largest absolute Gasteiger partial charge is 0.439 e. The second kappa shape index (κ2) is 10.4. The highest BCUT2D eigenvalue weighted by atomic mass is 16.5. The number of amides is 3. The molecule has 170 valence electrons. The van der Waals surface area contributed by atoms with Gasteiger partial charge in [-0.3, -0.25) is 14.4 Å². The summed E-state index contributed by atoms with van der Waals surface area (Å²) in [4.78, 5) is 39.8. The third-order valence-corrected chi connectivity index (χ3v) is 4.64. The van der Waals surface area contributed by atoms with Crippen molar-refractivity contribution in [2.75, 3.05) is 10.6 Å². The molecule has 0 saturated heterocycles. The van der Waals surface area contributed by atoms with Crippen LogP contribution in [0.25, 0.3) is 0 Å². The van der Waals surface area contributed by atoms with E-state index in [0.29, 0.717) is 22.8 Å². The van der Waals surface area contributed by atoms with Gasteiger partial charge in [0.2, 0.25) is 17.7 Å². The first-order valence-electron chi connectivity index (χ1n) is 10.4. The molecule has 0 atom stereocenters. The molecule has 2 aromatic carbocycles. The van der Waals surface area contributed by atoms with Gasteiger partial charge in [0.15, 0.2) is 0 Å². The number of aromatic nitrogens is 1. The second-order valence-corrected chi connectivity index (χ2v) is 7.72. The van der Waals surface area contributed by atoms with Crippen molar-refractivity contribution in [1.29, 1.82) is 0 Å². The number of rotatable bonds is 7. The maximum absolute atomic E-state index is 12.7. The topological polar surface area (TPSA) is 109 Å². The number of benzene rings is 2. The van der Waals surface area contributed by atoms with Crippen LogP contribution in [0.2, 0.25) is 0 Å². The molecule has 0 spiro atoms. The number of carbonyl (C=O) groups excluding carboxylic acids is 3. The molecule has 1 aromatic heterocycles. The Bertz CT molecular complexity index is 1160. The highest BCUT2D eigenvalue weighted by Gasteiger charge is 2.11. The molecule has 1 heterocycles. The summed E-state index contributed by atoms with van der Waals surface area (Å²) in [5, 5.41) is 8.07. The van der Waals surface area contributed by atoms with Gasteiger partial charge in [-0.2, -0.15) is 0 Å². The third kappa shape index (κ3) is 6.90. The highest BCUT2D eigenvalue weighted by Crippen LogP contribution is 2.25. The van der Waals surface area contributed by atoms with E-state index in [1.54, 1.807) is 30.5 Å². The van der Waals surface area contributed by atoms with Crippen LogP contribution in [-0.4, -0.2) is 22.7 Å². The van der Waals surface area contributed by atoms with Gasteiger partial charge in [-0.05, 0) is 54.8 Å². The van der Waals surface area contributed by atoms with Crippen molar-refractivity contribution in [1.82, 2.24) is 10.3 Å². The Balaban J connectivity index is 1.67. The summed E-state index contributed by atoms with van der Waals surface area (Å²) in [5.41, 5.74) is 4.02. The number of nitrogens with one attached hydrogen (secondary N) is 3. The van der Waals surface area contributed by atoms with E-state index in [1.807, 2.05) is 38.1 Å². The minimum absolute atomic E-state index is 0.245. The number of pyridine rings is 1. The van der Waals surface area contributed by atoms with Crippen molar-refractivity contribution < 1.29 is 19.1 Å². The molecule has 3 amide bonds. The molecule has 0 radical (unpaired) electrons. The summed E-state index contributed by atoms with van der Waals surface area (Å²) in [6.07, 6.45) is 1.64. The Morgan fingerprint density at radius 3 is 2.12 bits per heavy atom. The lowest BCUT2D eigenvalue weighted by Crippen LogP contribution is -2.23. The van der Waals surface area contributed by atoms with E-state index in [0.717, 1.165) is 22.4 Å². The lowest BCUT2D eigenvalue weighted by Gasteiger charge is -2.12. The number of aryl methyl sites for hydroxylation is 2. The standard InChI is InChI=1S/C25H26N4O4/c1-15-5-6-16(2)23(9-15)33-24-8-7-19(13-26-24)14-27-25(32)20-10-21(28-17(3)30)12-22(11-20)29-18(4)31/h5-13H,14H2,1-4H3,(H,27,32)(H,28,30)(H,29,31). The number of carbonyl (C=O) groups is 3. The maximum Gasteiger partial charge on any atom is 0.251 e. The van der Waals surface area contributed by atoms with Crippen molar-refractivity contribution in [3.05, 3.63) is 77.0 Å². The third-order valence-electron chi connectivity index (χ3n) is 4.64. The number of hydrogen-bond donors (Lipinski definition) is 3. The first kappa shape index (κ1) is 23.5. The van der Waals surface area contributed by atoms with E-state index in [2.05, 4.69) is 20.9 Å². The predicted molar refractivity (Wildman–Crippen MR) is 126 cm³/mol. The smallest absolute Gasteiger partial charge is 0.251 e. The van der Waals surface area contributed by atoms with Gasteiger partial charge in [0, 0.05) is 49.6 Å². The summed E-state index contributed by atoms with van der Waals surface area (Å²) < 4.78 is 5.86. The minimum atomic E-state index is -0.357. The van der Waals surface area contributed by atoms with Crippen LogP contribution in [0.4, 0.5) is 11.4 Å². The fourth-order valence-corrected chi connectivity index (χ4v) is 3.10. The van der Waals surface area contributed by atoms with Gasteiger partial charge >= 0.3 is 0 Å². The molecular weight excluding hydrogens is 420 g/mol. The van der Waals surface area contributed by atoms with Crippen molar-refractivity contribution in [3.63, 3.8) is 0 Å². The highest BCUT2D eigenvalue weighted by molar-refractivity contribution is 5.99. The Hall–Kier alpha value is -4.20. The summed E-state index contributed by atoms with van der Waals surface area (Å²) in [6, 6.07) is 14.2. The van der Waals surface area contributed by atoms with Gasteiger partial charge in [-0.15, -0.1) is 0 Å². The molecular formula is C25H26N4O4. The van der Waals surface area contributed by atoms with Crippen LogP contribution < -0.4 is 20.7 Å². The number of nitrogens with zero attached hydrogens (tertiary/aromatic N) is 1. The van der Waals surface area contributed by atoms with Crippen LogP contribution in [0.1, 0.15) is 40.9 Å². The molecule has 0 unspecified atom stereocenters. The number of ether oxygens (including phenoxy) is 1. The average Bonchev–Trinajstić information content (AvgIpc) is 2.74. The van der Waals surface area contributed by atoms with E-state index in [-0.39, 0.29) is 24.3 Å². The maximum atomic E-state index is 12.7. The van der Waals surface area contributed by atoms with Crippen molar-refractivity contribution in [3.8, 4) is 11.6 Å². The lowest BCUT2D eigenvalue weighted by atomic mass is 10.1. The molecule has 33 heavy (non-hydrogen) atoms. The first-order valence-corrected chi connectivity index (χ1v) is 10.4. The Labute approximate surface area is 192 Å². The monoisotopic (exact) mass is 446 g/mol. The molecule has 0 bridgehead atoms. The van der Waals surface area contributed by atoms with Gasteiger partial charge in [0.1, 0.15) is 5.75 Å². The zero-order valence-electron chi connectivity index (χ0n) is 19.0. The minimum Gasteiger partial charge on any atom is -0.439 e. The summed E-state index contributed by atoms with van der Waals surface area (Å²) in [5.74, 6) is 0.287. The fraction of sp³-hybridized carbons (Fsp3) is 0.200. The molecule has 8 nitrogen and oxygen atoms in total. The molecule has 0 saturated carbocycles. The van der Waals surface area contributed by atoms with Gasteiger partial charge < -0.3 is 20.7 Å². The quantitative estimate of drug-likeness (QED) is 0.500. The van der Waals surface area contributed by atoms with Gasteiger partial charge in [0.25, 0.3) is 5.91 Å². The van der Waals surface area contributed by atoms with E-state index in [9.17, 15) is 14.4 Å². The van der Waals surface area contributed by atoms with E-state index in [4.69, 9.17) is 4.74 Å². The average molecular weight is 447 g/mol. The zero-order valence-corrected chi connectivity index (χ0v) is 19.0. The normalized spacial score (nSPS) is 10.3.